The van der Waals surface area contributed by atoms with Gasteiger partial charge in [-0.2, -0.15) is 0 Å². The first kappa shape index (κ1) is 9.02. The van der Waals surface area contributed by atoms with Crippen LogP contribution < -0.4 is 5.32 Å². The number of aliphatic hydroxyl groups excluding tert-OH is 1. The highest BCUT2D eigenvalue weighted by molar-refractivity contribution is 5.66. The first-order valence-electron chi connectivity index (χ1n) is 4.44. The van der Waals surface area contributed by atoms with Crippen LogP contribution in [0, 0.1) is 0 Å². The Labute approximate surface area is 81.2 Å². The van der Waals surface area contributed by atoms with Crippen LogP contribution in [-0.4, -0.2) is 22.4 Å². The van der Waals surface area contributed by atoms with Crippen molar-refractivity contribution in [1.29, 1.82) is 0 Å². The Morgan fingerprint density at radius 2 is 2.14 bits per heavy atom. The fourth-order valence-corrected chi connectivity index (χ4v) is 1.88. The first-order chi connectivity index (χ1) is 6.68. The van der Waals surface area contributed by atoms with E-state index < -0.39 is 18.2 Å². The molecule has 4 nitrogen and oxygen atoms in total. The van der Waals surface area contributed by atoms with E-state index in [0.717, 1.165) is 11.1 Å². The van der Waals surface area contributed by atoms with E-state index in [1.54, 1.807) is 0 Å². The van der Waals surface area contributed by atoms with Crippen molar-refractivity contribution < 1.29 is 15.0 Å². The molecule has 1 aliphatic rings. The van der Waals surface area contributed by atoms with Gasteiger partial charge in [-0.05, 0) is 11.1 Å². The molecule has 0 radical (unpaired) electrons. The summed E-state index contributed by atoms with van der Waals surface area (Å²) >= 11 is 0. The van der Waals surface area contributed by atoms with Gasteiger partial charge >= 0.3 is 6.09 Å². The quantitative estimate of drug-likeness (QED) is 0.621. The minimum absolute atomic E-state index is 0.483. The molecule has 0 aliphatic heterocycles. The first-order valence-corrected chi connectivity index (χ1v) is 4.44. The number of rotatable bonds is 1. The molecule has 1 aliphatic carbocycles. The average Bonchev–Trinajstić information content (AvgIpc) is 2.43. The van der Waals surface area contributed by atoms with E-state index in [1.165, 1.54) is 0 Å². The molecule has 0 fully saturated rings. The van der Waals surface area contributed by atoms with Gasteiger partial charge in [-0.15, -0.1) is 0 Å². The summed E-state index contributed by atoms with van der Waals surface area (Å²) in [4.78, 5) is 10.5. The zero-order chi connectivity index (χ0) is 10.1. The predicted molar refractivity (Wildman–Crippen MR) is 50.1 cm³/mol. The molecular weight excluding hydrogens is 182 g/mol. The summed E-state index contributed by atoms with van der Waals surface area (Å²) in [6.45, 7) is 0. The molecule has 2 rings (SSSR count). The number of aliphatic hydroxyl groups is 1. The summed E-state index contributed by atoms with van der Waals surface area (Å²) in [5.41, 5.74) is 1.89. The summed E-state index contributed by atoms with van der Waals surface area (Å²) in [5, 5.41) is 20.5. The molecule has 0 heterocycles. The van der Waals surface area contributed by atoms with Crippen LogP contribution in [0.25, 0.3) is 0 Å². The molecule has 0 saturated carbocycles. The highest BCUT2D eigenvalue weighted by Crippen LogP contribution is 2.30. The van der Waals surface area contributed by atoms with Gasteiger partial charge in [-0.3, -0.25) is 0 Å². The third kappa shape index (κ3) is 1.44. The number of carbonyl (C=O) groups is 1. The Morgan fingerprint density at radius 3 is 2.86 bits per heavy atom. The molecule has 1 amide bonds. The van der Waals surface area contributed by atoms with Crippen LogP contribution in [-0.2, 0) is 6.42 Å². The van der Waals surface area contributed by atoms with Crippen molar-refractivity contribution in [3.8, 4) is 0 Å². The van der Waals surface area contributed by atoms with Crippen molar-refractivity contribution in [3.63, 3.8) is 0 Å². The number of hydrogen-bond donors (Lipinski definition) is 3. The summed E-state index contributed by atoms with van der Waals surface area (Å²) in [7, 11) is 0. The zero-order valence-electron chi connectivity index (χ0n) is 7.47. The van der Waals surface area contributed by atoms with Crippen molar-refractivity contribution >= 4 is 6.09 Å². The zero-order valence-corrected chi connectivity index (χ0v) is 7.47. The number of fused-ring (bicyclic) bond motifs is 1. The Hall–Kier alpha value is -1.55. The van der Waals surface area contributed by atoms with E-state index >= 15 is 0 Å². The molecular formula is C10H11NO3. The van der Waals surface area contributed by atoms with E-state index in [9.17, 15) is 9.90 Å². The summed E-state index contributed by atoms with van der Waals surface area (Å²) in [6, 6.07) is 6.99. The van der Waals surface area contributed by atoms with E-state index in [4.69, 9.17) is 5.11 Å². The van der Waals surface area contributed by atoms with Crippen LogP contribution in [0.5, 0.6) is 0 Å². The minimum Gasteiger partial charge on any atom is -0.465 e. The molecule has 2 unspecified atom stereocenters. The molecule has 0 aromatic heterocycles. The topological polar surface area (TPSA) is 69.6 Å². The fourth-order valence-electron chi connectivity index (χ4n) is 1.88. The van der Waals surface area contributed by atoms with E-state index in [0.29, 0.717) is 6.42 Å². The predicted octanol–water partition coefficient (Wildman–Crippen LogP) is 0.912. The lowest BCUT2D eigenvalue weighted by Gasteiger charge is -2.15. The van der Waals surface area contributed by atoms with Crippen LogP contribution in [0.4, 0.5) is 4.79 Å². The molecule has 2 atom stereocenters. The van der Waals surface area contributed by atoms with E-state index in [2.05, 4.69) is 5.32 Å². The molecule has 14 heavy (non-hydrogen) atoms. The van der Waals surface area contributed by atoms with E-state index in [-0.39, 0.29) is 0 Å². The molecule has 74 valence electrons. The summed E-state index contributed by atoms with van der Waals surface area (Å²) < 4.78 is 0. The number of carboxylic acid groups (broad SMARTS) is 1. The molecule has 1 aromatic rings. The minimum atomic E-state index is -1.11. The number of amides is 1. The normalized spacial score (nSPS) is 24.4. The summed E-state index contributed by atoms with van der Waals surface area (Å²) in [5.74, 6) is 0. The molecule has 3 N–H and O–H groups in total. The van der Waals surface area contributed by atoms with Crippen LogP contribution in [0.3, 0.4) is 0 Å². The SMILES string of the molecule is O=C(O)NC1c2ccccc2CC1O. The lowest BCUT2D eigenvalue weighted by Crippen LogP contribution is -2.32. The second-order valence-electron chi connectivity index (χ2n) is 3.40. The maximum atomic E-state index is 10.5. The molecule has 0 saturated heterocycles. The molecule has 0 spiro atoms. The lowest BCUT2D eigenvalue weighted by atomic mass is 10.1. The van der Waals surface area contributed by atoms with Gasteiger partial charge in [0.25, 0.3) is 0 Å². The second-order valence-corrected chi connectivity index (χ2v) is 3.40. The van der Waals surface area contributed by atoms with Crippen LogP contribution in [0.2, 0.25) is 0 Å². The molecule has 0 bridgehead atoms. The van der Waals surface area contributed by atoms with Crippen molar-refractivity contribution in [1.82, 2.24) is 5.32 Å². The number of hydrogen-bond acceptors (Lipinski definition) is 2. The largest absolute Gasteiger partial charge is 0.465 e. The third-order valence-electron chi connectivity index (χ3n) is 2.48. The van der Waals surface area contributed by atoms with Gasteiger partial charge in [0.1, 0.15) is 0 Å². The smallest absolute Gasteiger partial charge is 0.405 e. The van der Waals surface area contributed by atoms with Crippen molar-refractivity contribution in [2.75, 3.05) is 0 Å². The van der Waals surface area contributed by atoms with Crippen molar-refractivity contribution in [3.05, 3.63) is 35.4 Å². The van der Waals surface area contributed by atoms with Gasteiger partial charge in [-0.25, -0.2) is 4.79 Å². The van der Waals surface area contributed by atoms with Gasteiger partial charge in [0, 0.05) is 6.42 Å². The average molecular weight is 193 g/mol. The Kier molecular flexibility index (Phi) is 2.13. The van der Waals surface area contributed by atoms with Crippen LogP contribution >= 0.6 is 0 Å². The van der Waals surface area contributed by atoms with Crippen LogP contribution in [0.15, 0.2) is 24.3 Å². The maximum Gasteiger partial charge on any atom is 0.405 e. The fraction of sp³-hybridized carbons (Fsp3) is 0.300. The van der Waals surface area contributed by atoms with Gasteiger partial charge < -0.3 is 15.5 Å². The monoisotopic (exact) mass is 193 g/mol. The van der Waals surface area contributed by atoms with Gasteiger partial charge in [0.05, 0.1) is 12.1 Å². The molecule has 4 heteroatoms. The van der Waals surface area contributed by atoms with Crippen molar-refractivity contribution in [2.45, 2.75) is 18.6 Å². The highest BCUT2D eigenvalue weighted by Gasteiger charge is 2.31. The third-order valence-corrected chi connectivity index (χ3v) is 2.48. The molecule has 1 aromatic carbocycles. The number of benzene rings is 1. The van der Waals surface area contributed by atoms with Gasteiger partial charge in [-0.1, -0.05) is 24.3 Å². The Balaban J connectivity index is 2.30. The number of nitrogens with one attached hydrogen (secondary N) is 1. The Morgan fingerprint density at radius 1 is 1.43 bits per heavy atom. The second kappa shape index (κ2) is 3.31. The van der Waals surface area contributed by atoms with Gasteiger partial charge in [0.15, 0.2) is 0 Å². The van der Waals surface area contributed by atoms with E-state index in [1.807, 2.05) is 24.3 Å². The lowest BCUT2D eigenvalue weighted by molar-refractivity contribution is 0.131. The van der Waals surface area contributed by atoms with Crippen molar-refractivity contribution in [2.24, 2.45) is 0 Å². The highest BCUT2D eigenvalue weighted by atomic mass is 16.4. The maximum absolute atomic E-state index is 10.5. The summed E-state index contributed by atoms with van der Waals surface area (Å²) in [6.07, 6.45) is -1.24. The van der Waals surface area contributed by atoms with Crippen LogP contribution in [0.1, 0.15) is 17.2 Å². The standard InChI is InChI=1S/C10H11NO3/c12-8-5-6-3-1-2-4-7(6)9(8)11-10(13)14/h1-4,8-9,11-12H,5H2,(H,13,14). The van der Waals surface area contributed by atoms with Gasteiger partial charge in [0.2, 0.25) is 0 Å². The Bertz CT molecular complexity index is 364.